The van der Waals surface area contributed by atoms with Gasteiger partial charge in [-0.3, -0.25) is 4.79 Å². The van der Waals surface area contributed by atoms with E-state index < -0.39 is 0 Å². The Labute approximate surface area is 114 Å². The lowest BCUT2D eigenvalue weighted by molar-refractivity contribution is 0.0831. The molecule has 0 spiro atoms. The number of ketones is 1. The number of phenolic OH excluding ortho intramolecular Hbond substituents is 1. The minimum absolute atomic E-state index is 0.00994. The maximum absolute atomic E-state index is 12.0. The zero-order valence-electron chi connectivity index (χ0n) is 12.2. The van der Waals surface area contributed by atoms with Crippen LogP contribution in [0.25, 0.3) is 0 Å². The van der Waals surface area contributed by atoms with Crippen molar-refractivity contribution >= 4 is 5.78 Å². The fraction of sp³-hybridized carbons (Fsp3) is 0.562. The molecule has 0 saturated carbocycles. The summed E-state index contributed by atoms with van der Waals surface area (Å²) < 4.78 is 5.95. The first-order valence-corrected chi connectivity index (χ1v) is 6.93. The van der Waals surface area contributed by atoms with Gasteiger partial charge in [-0.05, 0) is 51.7 Å². The zero-order chi connectivity index (χ0) is 14.2. The van der Waals surface area contributed by atoms with E-state index in [9.17, 15) is 9.90 Å². The Balaban J connectivity index is 2.48. The first-order valence-electron chi connectivity index (χ1n) is 6.93. The number of Topliss-reactive ketones (excluding diaryl/α,β-unsaturated/α-hetero) is 1. The minimum atomic E-state index is -0.209. The maximum Gasteiger partial charge on any atom is 0.166 e. The lowest BCUT2D eigenvalue weighted by Gasteiger charge is -2.34. The van der Waals surface area contributed by atoms with Gasteiger partial charge in [0.1, 0.15) is 17.1 Å². The molecule has 1 aliphatic rings. The van der Waals surface area contributed by atoms with E-state index in [0.717, 1.165) is 30.6 Å². The number of rotatable bonds is 3. The van der Waals surface area contributed by atoms with Crippen LogP contribution in [-0.4, -0.2) is 16.5 Å². The quantitative estimate of drug-likeness (QED) is 0.843. The van der Waals surface area contributed by atoms with E-state index >= 15 is 0 Å². The molecule has 1 aromatic carbocycles. The Kier molecular flexibility index (Phi) is 3.57. The summed E-state index contributed by atoms with van der Waals surface area (Å²) in [7, 11) is 0. The number of ether oxygens (including phenoxy) is 1. The molecule has 1 N–H and O–H groups in total. The van der Waals surface area contributed by atoms with Gasteiger partial charge in [-0.1, -0.05) is 6.92 Å². The van der Waals surface area contributed by atoms with E-state index in [-0.39, 0.29) is 17.1 Å². The Morgan fingerprint density at radius 2 is 2.16 bits per heavy atom. The van der Waals surface area contributed by atoms with Gasteiger partial charge in [-0.25, -0.2) is 0 Å². The van der Waals surface area contributed by atoms with Crippen molar-refractivity contribution in [3.05, 3.63) is 22.8 Å². The van der Waals surface area contributed by atoms with Gasteiger partial charge >= 0.3 is 0 Å². The molecule has 0 amide bonds. The van der Waals surface area contributed by atoms with Crippen molar-refractivity contribution in [1.82, 2.24) is 0 Å². The molecule has 0 unspecified atom stereocenters. The van der Waals surface area contributed by atoms with Crippen molar-refractivity contribution < 1.29 is 14.6 Å². The van der Waals surface area contributed by atoms with Gasteiger partial charge in [-0.2, -0.15) is 0 Å². The first kappa shape index (κ1) is 13.9. The molecule has 1 aliphatic heterocycles. The number of benzene rings is 1. The topological polar surface area (TPSA) is 46.5 Å². The van der Waals surface area contributed by atoms with Gasteiger partial charge in [0.25, 0.3) is 0 Å². The molecule has 0 aliphatic carbocycles. The smallest absolute Gasteiger partial charge is 0.166 e. The van der Waals surface area contributed by atoms with Crippen molar-refractivity contribution in [2.45, 2.75) is 59.0 Å². The Morgan fingerprint density at radius 3 is 2.79 bits per heavy atom. The second kappa shape index (κ2) is 4.87. The predicted molar refractivity (Wildman–Crippen MR) is 75.1 cm³/mol. The molecule has 3 nitrogen and oxygen atoms in total. The highest BCUT2D eigenvalue weighted by atomic mass is 16.5. The Bertz CT molecular complexity index is 515. The van der Waals surface area contributed by atoms with Crippen molar-refractivity contribution in [2.75, 3.05) is 0 Å². The van der Waals surface area contributed by atoms with Gasteiger partial charge in [0.2, 0.25) is 0 Å². The van der Waals surface area contributed by atoms with Crippen LogP contribution in [0.4, 0.5) is 0 Å². The minimum Gasteiger partial charge on any atom is -0.507 e. The van der Waals surface area contributed by atoms with Crippen molar-refractivity contribution in [3.8, 4) is 11.5 Å². The molecular weight excluding hydrogens is 240 g/mol. The number of hydrogen-bond donors (Lipinski definition) is 1. The highest BCUT2D eigenvalue weighted by Gasteiger charge is 2.30. The maximum atomic E-state index is 12.0. The van der Waals surface area contributed by atoms with E-state index in [1.54, 1.807) is 0 Å². The van der Waals surface area contributed by atoms with E-state index in [2.05, 4.69) is 0 Å². The SMILES string of the molecule is CCCC(=O)c1cc2c(c(C)c1O)OC(C)(C)CC2. The van der Waals surface area contributed by atoms with Crippen LogP contribution in [0.1, 0.15) is 61.5 Å². The second-order valence-corrected chi connectivity index (χ2v) is 5.92. The molecule has 3 heteroatoms. The van der Waals surface area contributed by atoms with Crippen molar-refractivity contribution in [2.24, 2.45) is 0 Å². The monoisotopic (exact) mass is 262 g/mol. The largest absolute Gasteiger partial charge is 0.507 e. The van der Waals surface area contributed by atoms with Gasteiger partial charge in [0, 0.05) is 12.0 Å². The summed E-state index contributed by atoms with van der Waals surface area (Å²) in [5, 5.41) is 10.2. The van der Waals surface area contributed by atoms with Crippen LogP contribution in [0, 0.1) is 6.92 Å². The molecule has 0 radical (unpaired) electrons. The molecule has 1 heterocycles. The van der Waals surface area contributed by atoms with Crippen LogP contribution in [0.15, 0.2) is 6.07 Å². The third kappa shape index (κ3) is 2.60. The highest BCUT2D eigenvalue weighted by Crippen LogP contribution is 2.41. The molecule has 1 aromatic rings. The summed E-state index contributed by atoms with van der Waals surface area (Å²) in [5.41, 5.74) is 1.96. The van der Waals surface area contributed by atoms with E-state index in [1.165, 1.54) is 0 Å². The molecule has 0 bridgehead atoms. The predicted octanol–water partition coefficient (Wildman–Crippen LogP) is 3.79. The van der Waals surface area contributed by atoms with Crippen molar-refractivity contribution in [1.29, 1.82) is 0 Å². The summed E-state index contributed by atoms with van der Waals surface area (Å²) in [6.07, 6.45) is 3.07. The number of aromatic hydroxyl groups is 1. The number of fused-ring (bicyclic) bond motifs is 1. The summed E-state index contributed by atoms with van der Waals surface area (Å²) in [4.78, 5) is 12.0. The number of carbonyl (C=O) groups excluding carboxylic acids is 1. The Morgan fingerprint density at radius 1 is 1.47 bits per heavy atom. The molecule has 0 fully saturated rings. The first-order chi connectivity index (χ1) is 8.85. The summed E-state index contributed by atoms with van der Waals surface area (Å²) in [6, 6.07) is 1.81. The zero-order valence-corrected chi connectivity index (χ0v) is 12.2. The van der Waals surface area contributed by atoms with Gasteiger partial charge in [0.15, 0.2) is 5.78 Å². The van der Waals surface area contributed by atoms with Crippen LogP contribution in [0.5, 0.6) is 11.5 Å². The second-order valence-electron chi connectivity index (χ2n) is 5.92. The average molecular weight is 262 g/mol. The fourth-order valence-electron chi connectivity index (χ4n) is 2.52. The Hall–Kier alpha value is -1.51. The van der Waals surface area contributed by atoms with E-state index in [1.807, 2.05) is 33.8 Å². The standard InChI is InChI=1S/C16H22O3/c1-5-6-13(17)12-9-11-7-8-16(3,4)19-15(11)10(2)14(12)18/h9,18H,5-8H2,1-4H3. The number of phenols is 1. The van der Waals surface area contributed by atoms with E-state index in [4.69, 9.17) is 4.74 Å². The average Bonchev–Trinajstić information content (AvgIpc) is 2.34. The van der Waals surface area contributed by atoms with Crippen LogP contribution in [-0.2, 0) is 6.42 Å². The molecule has 0 saturated heterocycles. The summed E-state index contributed by atoms with van der Waals surface area (Å²) in [5.74, 6) is 0.840. The van der Waals surface area contributed by atoms with Gasteiger partial charge in [0.05, 0.1) is 5.56 Å². The van der Waals surface area contributed by atoms with Crippen LogP contribution < -0.4 is 4.74 Å². The fourth-order valence-corrected chi connectivity index (χ4v) is 2.52. The summed E-state index contributed by atoms with van der Waals surface area (Å²) in [6.45, 7) is 7.87. The van der Waals surface area contributed by atoms with Gasteiger partial charge < -0.3 is 9.84 Å². The molecule has 19 heavy (non-hydrogen) atoms. The lowest BCUT2D eigenvalue weighted by Crippen LogP contribution is -2.33. The van der Waals surface area contributed by atoms with Crippen LogP contribution >= 0.6 is 0 Å². The molecule has 104 valence electrons. The van der Waals surface area contributed by atoms with Crippen molar-refractivity contribution in [3.63, 3.8) is 0 Å². The molecule has 0 aromatic heterocycles. The third-order valence-electron chi connectivity index (χ3n) is 3.71. The van der Waals surface area contributed by atoms with Gasteiger partial charge in [-0.15, -0.1) is 0 Å². The van der Waals surface area contributed by atoms with Crippen LogP contribution in [0.2, 0.25) is 0 Å². The molecular formula is C16H22O3. The number of carbonyl (C=O) groups is 1. The lowest BCUT2D eigenvalue weighted by atomic mass is 9.90. The normalized spacial score (nSPS) is 16.6. The third-order valence-corrected chi connectivity index (χ3v) is 3.71. The summed E-state index contributed by atoms with van der Waals surface area (Å²) >= 11 is 0. The van der Waals surface area contributed by atoms with E-state index in [0.29, 0.717) is 17.5 Å². The molecule has 0 atom stereocenters. The number of hydrogen-bond acceptors (Lipinski definition) is 3. The molecule has 2 rings (SSSR count). The number of aryl methyl sites for hydroxylation is 1. The van der Waals surface area contributed by atoms with Crippen LogP contribution in [0.3, 0.4) is 0 Å². The highest BCUT2D eigenvalue weighted by molar-refractivity contribution is 5.99.